The zero-order chi connectivity index (χ0) is 9.52. The molecule has 0 aromatic rings. The van der Waals surface area contributed by atoms with Gasteiger partial charge in [0, 0.05) is 18.3 Å². The summed E-state index contributed by atoms with van der Waals surface area (Å²) in [6, 6.07) is 0. The molecule has 1 aliphatic rings. The van der Waals surface area contributed by atoms with Crippen molar-refractivity contribution in [2.75, 3.05) is 18.8 Å². The number of nitrogens with one attached hydrogen (secondary N) is 2. The van der Waals surface area contributed by atoms with E-state index in [1.807, 2.05) is 0 Å². The zero-order valence-electron chi connectivity index (χ0n) is 8.14. The Hall–Kier alpha value is 0.0400. The minimum atomic E-state index is 0.769. The molecule has 0 aliphatic carbocycles. The van der Waals surface area contributed by atoms with Crippen molar-refractivity contribution in [2.45, 2.75) is 31.4 Å². The first-order chi connectivity index (χ1) is 6.33. The van der Waals surface area contributed by atoms with Crippen LogP contribution in [0.4, 0.5) is 0 Å². The van der Waals surface area contributed by atoms with Crippen molar-refractivity contribution in [3.63, 3.8) is 0 Å². The summed E-state index contributed by atoms with van der Waals surface area (Å²) in [6.45, 7) is 3.99. The summed E-state index contributed by atoms with van der Waals surface area (Å²) in [7, 11) is 0. The highest BCUT2D eigenvalue weighted by molar-refractivity contribution is 7.99. The normalized spacial score (nSPS) is 22.4. The summed E-state index contributed by atoms with van der Waals surface area (Å²) in [5.74, 6) is 1.32. The Labute approximate surface area is 90.2 Å². The monoisotopic (exact) mass is 218 g/mol. The second-order valence-corrected chi connectivity index (χ2v) is 5.05. The summed E-state index contributed by atoms with van der Waals surface area (Å²) >= 11 is 7.16. The fourth-order valence-corrected chi connectivity index (χ4v) is 2.86. The first-order valence-electron chi connectivity index (χ1n) is 4.96. The van der Waals surface area contributed by atoms with Gasteiger partial charge in [-0.2, -0.15) is 11.8 Å². The lowest BCUT2D eigenvalue weighted by Gasteiger charge is -2.22. The van der Waals surface area contributed by atoms with Gasteiger partial charge in [-0.3, -0.25) is 0 Å². The van der Waals surface area contributed by atoms with Crippen LogP contribution in [0.25, 0.3) is 0 Å². The highest BCUT2D eigenvalue weighted by Gasteiger charge is 2.13. The molecule has 0 radical (unpaired) electrons. The molecule has 0 spiro atoms. The molecule has 4 heteroatoms. The van der Waals surface area contributed by atoms with Crippen molar-refractivity contribution in [2.24, 2.45) is 0 Å². The van der Waals surface area contributed by atoms with E-state index < -0.39 is 0 Å². The smallest absolute Gasteiger partial charge is 0.166 e. The van der Waals surface area contributed by atoms with Gasteiger partial charge in [0.05, 0.1) is 0 Å². The lowest BCUT2D eigenvalue weighted by atomic mass is 10.2. The van der Waals surface area contributed by atoms with E-state index in [0.717, 1.165) is 23.5 Å². The fourth-order valence-electron chi connectivity index (χ4n) is 1.40. The number of thioether (sulfide) groups is 1. The highest BCUT2D eigenvalue weighted by atomic mass is 32.2. The molecule has 1 saturated heterocycles. The molecular formula is C9H18N2S2. The van der Waals surface area contributed by atoms with Crippen molar-refractivity contribution < 1.29 is 0 Å². The Balaban J connectivity index is 2.06. The van der Waals surface area contributed by atoms with E-state index in [1.165, 1.54) is 25.0 Å². The van der Waals surface area contributed by atoms with Crippen LogP contribution in [0.5, 0.6) is 0 Å². The molecule has 1 atom stereocenters. The largest absolute Gasteiger partial charge is 0.363 e. The molecule has 1 aliphatic heterocycles. The summed E-state index contributed by atoms with van der Waals surface area (Å²) in [5.41, 5.74) is 0. The minimum Gasteiger partial charge on any atom is -0.363 e. The predicted molar refractivity (Wildman–Crippen MR) is 64.4 cm³/mol. The van der Waals surface area contributed by atoms with Gasteiger partial charge in [0.25, 0.3) is 0 Å². The lowest BCUT2D eigenvalue weighted by molar-refractivity contribution is 0.647. The number of hydrogen-bond donors (Lipinski definition) is 2. The third-order valence-corrected chi connectivity index (χ3v) is 3.79. The van der Waals surface area contributed by atoms with E-state index >= 15 is 0 Å². The Morgan fingerprint density at radius 2 is 2.31 bits per heavy atom. The second kappa shape index (κ2) is 6.49. The molecular weight excluding hydrogens is 200 g/mol. The van der Waals surface area contributed by atoms with E-state index in [9.17, 15) is 0 Å². The molecule has 1 heterocycles. The third-order valence-electron chi connectivity index (χ3n) is 2.10. The van der Waals surface area contributed by atoms with Crippen LogP contribution in [0.3, 0.4) is 0 Å². The Morgan fingerprint density at radius 1 is 1.46 bits per heavy atom. The Kier molecular flexibility index (Phi) is 5.55. The van der Waals surface area contributed by atoms with E-state index in [1.54, 1.807) is 0 Å². The van der Waals surface area contributed by atoms with Gasteiger partial charge in [-0.25, -0.2) is 0 Å². The van der Waals surface area contributed by atoms with E-state index in [4.69, 9.17) is 12.2 Å². The SMILES string of the molecule is CCNC(=S)NCC1CCCCS1. The van der Waals surface area contributed by atoms with Gasteiger partial charge >= 0.3 is 0 Å². The van der Waals surface area contributed by atoms with Gasteiger partial charge in [0.2, 0.25) is 0 Å². The first kappa shape index (κ1) is 11.1. The molecule has 0 amide bonds. The maximum atomic E-state index is 5.09. The zero-order valence-corrected chi connectivity index (χ0v) is 9.77. The van der Waals surface area contributed by atoms with Crippen LogP contribution in [-0.4, -0.2) is 29.2 Å². The number of rotatable bonds is 3. The molecule has 13 heavy (non-hydrogen) atoms. The molecule has 1 unspecified atom stereocenters. The van der Waals surface area contributed by atoms with Crippen molar-refractivity contribution in [1.29, 1.82) is 0 Å². The van der Waals surface area contributed by atoms with Gasteiger partial charge < -0.3 is 10.6 Å². The van der Waals surface area contributed by atoms with E-state index in [0.29, 0.717) is 0 Å². The van der Waals surface area contributed by atoms with E-state index in [2.05, 4.69) is 29.3 Å². The summed E-state index contributed by atoms with van der Waals surface area (Å²) < 4.78 is 0. The van der Waals surface area contributed by atoms with Crippen LogP contribution in [0.15, 0.2) is 0 Å². The number of thiocarbonyl (C=S) groups is 1. The van der Waals surface area contributed by atoms with Crippen LogP contribution >= 0.6 is 24.0 Å². The van der Waals surface area contributed by atoms with Gasteiger partial charge in [0.1, 0.15) is 0 Å². The van der Waals surface area contributed by atoms with Crippen molar-refractivity contribution >= 4 is 29.1 Å². The molecule has 2 N–H and O–H groups in total. The Morgan fingerprint density at radius 3 is 2.92 bits per heavy atom. The average Bonchev–Trinajstić information content (AvgIpc) is 2.17. The highest BCUT2D eigenvalue weighted by Crippen LogP contribution is 2.24. The Bertz CT molecular complexity index is 156. The quantitative estimate of drug-likeness (QED) is 0.705. The van der Waals surface area contributed by atoms with Crippen LogP contribution in [0, 0.1) is 0 Å². The fraction of sp³-hybridized carbons (Fsp3) is 0.889. The van der Waals surface area contributed by atoms with Crippen molar-refractivity contribution in [1.82, 2.24) is 10.6 Å². The number of hydrogen-bond acceptors (Lipinski definition) is 2. The van der Waals surface area contributed by atoms with Crippen LogP contribution in [-0.2, 0) is 0 Å². The van der Waals surface area contributed by atoms with Crippen molar-refractivity contribution in [3.8, 4) is 0 Å². The molecule has 0 saturated carbocycles. The average molecular weight is 218 g/mol. The van der Waals surface area contributed by atoms with Gasteiger partial charge in [-0.1, -0.05) is 6.42 Å². The van der Waals surface area contributed by atoms with Gasteiger partial charge in [-0.05, 0) is 37.7 Å². The van der Waals surface area contributed by atoms with Crippen LogP contribution in [0.2, 0.25) is 0 Å². The molecule has 0 aromatic heterocycles. The third kappa shape index (κ3) is 4.72. The summed E-state index contributed by atoms with van der Waals surface area (Å²) in [4.78, 5) is 0. The molecule has 2 nitrogen and oxygen atoms in total. The van der Waals surface area contributed by atoms with E-state index in [-0.39, 0.29) is 0 Å². The lowest BCUT2D eigenvalue weighted by Crippen LogP contribution is -2.39. The summed E-state index contributed by atoms with van der Waals surface area (Å²) in [6.07, 6.45) is 4.11. The molecule has 0 bridgehead atoms. The predicted octanol–water partition coefficient (Wildman–Crippen LogP) is 1.76. The molecule has 1 rings (SSSR count). The molecule has 1 fully saturated rings. The topological polar surface area (TPSA) is 24.1 Å². The van der Waals surface area contributed by atoms with Gasteiger partial charge in [-0.15, -0.1) is 0 Å². The van der Waals surface area contributed by atoms with Crippen LogP contribution in [0.1, 0.15) is 26.2 Å². The maximum absolute atomic E-state index is 5.09. The first-order valence-corrected chi connectivity index (χ1v) is 6.42. The second-order valence-electron chi connectivity index (χ2n) is 3.23. The molecule has 76 valence electrons. The van der Waals surface area contributed by atoms with Crippen LogP contribution < -0.4 is 10.6 Å². The van der Waals surface area contributed by atoms with Gasteiger partial charge in [0.15, 0.2) is 5.11 Å². The maximum Gasteiger partial charge on any atom is 0.166 e. The minimum absolute atomic E-state index is 0.769. The molecule has 0 aromatic carbocycles. The summed E-state index contributed by atoms with van der Waals surface area (Å²) in [5, 5.41) is 7.92. The van der Waals surface area contributed by atoms with Crippen molar-refractivity contribution in [3.05, 3.63) is 0 Å². The standard InChI is InChI=1S/C9H18N2S2/c1-2-10-9(12)11-7-8-5-3-4-6-13-8/h8H,2-7H2,1H3,(H2,10,11,12).